The Morgan fingerprint density at radius 2 is 1.74 bits per heavy atom. The van der Waals surface area contributed by atoms with Gasteiger partial charge in [0, 0.05) is 35.1 Å². The Bertz CT molecular complexity index is 1620. The van der Waals surface area contributed by atoms with Crippen LogP contribution in [-0.4, -0.2) is 39.5 Å². The van der Waals surface area contributed by atoms with E-state index in [9.17, 15) is 18.0 Å². The van der Waals surface area contributed by atoms with Crippen molar-refractivity contribution in [1.82, 2.24) is 19.5 Å². The number of halogens is 3. The zero-order chi connectivity index (χ0) is 26.9. The van der Waals surface area contributed by atoms with Crippen LogP contribution in [0.4, 0.5) is 18.9 Å². The largest absolute Gasteiger partial charge is 0.416 e. The molecule has 0 atom stereocenters. The summed E-state index contributed by atoms with van der Waals surface area (Å²) in [7, 11) is 4.03. The van der Waals surface area contributed by atoms with E-state index >= 15 is 0 Å². The summed E-state index contributed by atoms with van der Waals surface area (Å²) in [6, 6.07) is 21.3. The van der Waals surface area contributed by atoms with Crippen molar-refractivity contribution in [2.75, 3.05) is 19.4 Å². The average Bonchev–Trinajstić information content (AvgIpc) is 3.32. The number of fused-ring (bicyclic) bond motifs is 1. The second kappa shape index (κ2) is 10.1. The number of anilines is 1. The molecule has 192 valence electrons. The van der Waals surface area contributed by atoms with E-state index in [2.05, 4.69) is 26.4 Å². The number of amides is 1. The summed E-state index contributed by atoms with van der Waals surface area (Å²) in [4.78, 5) is 19.4. The third kappa shape index (κ3) is 5.14. The minimum atomic E-state index is -4.53. The van der Waals surface area contributed by atoms with E-state index in [0.717, 1.165) is 46.6 Å². The van der Waals surface area contributed by atoms with Crippen LogP contribution >= 0.6 is 0 Å². The number of carbonyl (C=O) groups is 1. The molecule has 0 aliphatic heterocycles. The molecule has 2 aromatic heterocycles. The van der Waals surface area contributed by atoms with E-state index in [0.29, 0.717) is 11.3 Å². The summed E-state index contributed by atoms with van der Waals surface area (Å²) in [5, 5.41) is 7.30. The third-order valence-electron chi connectivity index (χ3n) is 6.06. The van der Waals surface area contributed by atoms with Crippen LogP contribution in [0.3, 0.4) is 0 Å². The molecule has 0 unspecified atom stereocenters. The van der Waals surface area contributed by atoms with Gasteiger partial charge in [-0.25, -0.2) is 9.50 Å². The molecule has 0 spiro atoms. The minimum absolute atomic E-state index is 0.0790. The molecule has 5 rings (SSSR count). The lowest BCUT2D eigenvalue weighted by molar-refractivity contribution is -0.137. The van der Waals surface area contributed by atoms with E-state index in [4.69, 9.17) is 0 Å². The summed E-state index contributed by atoms with van der Waals surface area (Å²) in [6.45, 7) is 0.765. The second-order valence-corrected chi connectivity index (χ2v) is 9.13. The average molecular weight is 516 g/mol. The fourth-order valence-electron chi connectivity index (χ4n) is 4.36. The van der Waals surface area contributed by atoms with Gasteiger partial charge in [-0.3, -0.25) is 4.79 Å². The SMILES string of the molecule is CN(C)Cc1ccccc1-c1cnn2c(-c3cccc(NC(=O)c4cccc(C(F)(F)F)c4)c3)ccnc12. The maximum Gasteiger partial charge on any atom is 0.416 e. The molecule has 0 radical (unpaired) electrons. The van der Waals surface area contributed by atoms with Gasteiger partial charge in [0.15, 0.2) is 5.65 Å². The summed E-state index contributed by atoms with van der Waals surface area (Å²) >= 11 is 0. The second-order valence-electron chi connectivity index (χ2n) is 9.13. The normalized spacial score (nSPS) is 11.7. The van der Waals surface area contributed by atoms with Crippen molar-refractivity contribution in [2.45, 2.75) is 12.7 Å². The molecule has 0 saturated carbocycles. The number of hydrogen-bond acceptors (Lipinski definition) is 4. The highest BCUT2D eigenvalue weighted by Gasteiger charge is 2.31. The Morgan fingerprint density at radius 1 is 0.947 bits per heavy atom. The van der Waals surface area contributed by atoms with Gasteiger partial charge in [0.2, 0.25) is 0 Å². The summed E-state index contributed by atoms with van der Waals surface area (Å²) < 4.78 is 40.9. The lowest BCUT2D eigenvalue weighted by Gasteiger charge is -2.13. The summed E-state index contributed by atoms with van der Waals surface area (Å²) in [6.07, 6.45) is -1.03. The fourth-order valence-corrected chi connectivity index (χ4v) is 4.36. The molecule has 1 N–H and O–H groups in total. The number of hydrogen-bond donors (Lipinski definition) is 1. The van der Waals surface area contributed by atoms with Crippen molar-refractivity contribution in [3.05, 3.63) is 108 Å². The number of benzene rings is 3. The van der Waals surface area contributed by atoms with Gasteiger partial charge in [-0.15, -0.1) is 0 Å². The number of alkyl halides is 3. The number of aromatic nitrogens is 3. The van der Waals surface area contributed by atoms with Crippen LogP contribution in [0.1, 0.15) is 21.5 Å². The van der Waals surface area contributed by atoms with Gasteiger partial charge in [-0.2, -0.15) is 18.3 Å². The monoisotopic (exact) mass is 515 g/mol. The Balaban J connectivity index is 1.47. The maximum atomic E-state index is 13.1. The lowest BCUT2D eigenvalue weighted by Crippen LogP contribution is -2.14. The Hall–Kier alpha value is -4.50. The number of rotatable bonds is 6. The van der Waals surface area contributed by atoms with Crippen molar-refractivity contribution >= 4 is 17.2 Å². The number of nitrogens with one attached hydrogen (secondary N) is 1. The van der Waals surface area contributed by atoms with E-state index < -0.39 is 17.6 Å². The molecule has 0 bridgehead atoms. The molecule has 3 aromatic carbocycles. The minimum Gasteiger partial charge on any atom is -0.322 e. The van der Waals surface area contributed by atoms with Gasteiger partial charge in [0.05, 0.1) is 17.5 Å². The standard InChI is InChI=1S/C29H24F3N5O/c1-36(2)18-21-7-3-4-12-24(21)25-17-34-37-26(13-14-33-27(25)37)19-8-6-11-23(16-19)35-28(38)20-9-5-10-22(15-20)29(30,31)32/h3-17H,18H2,1-2H3,(H,35,38). The Morgan fingerprint density at radius 3 is 2.53 bits per heavy atom. The highest BCUT2D eigenvalue weighted by Crippen LogP contribution is 2.32. The first kappa shape index (κ1) is 25.2. The van der Waals surface area contributed by atoms with Crippen molar-refractivity contribution in [3.63, 3.8) is 0 Å². The van der Waals surface area contributed by atoms with Gasteiger partial charge in [0.25, 0.3) is 5.91 Å². The van der Waals surface area contributed by atoms with Crippen molar-refractivity contribution in [3.8, 4) is 22.4 Å². The predicted molar refractivity (Wildman–Crippen MR) is 141 cm³/mol. The number of nitrogens with zero attached hydrogens (tertiary/aromatic N) is 4. The summed E-state index contributed by atoms with van der Waals surface area (Å²) in [5.41, 5.74) is 4.78. The van der Waals surface area contributed by atoms with Gasteiger partial charge < -0.3 is 10.2 Å². The van der Waals surface area contributed by atoms with Crippen molar-refractivity contribution in [2.24, 2.45) is 0 Å². The molecule has 5 aromatic rings. The molecule has 1 amide bonds. The molecule has 9 heteroatoms. The van der Waals surface area contributed by atoms with Crippen LogP contribution in [0.5, 0.6) is 0 Å². The van der Waals surface area contributed by atoms with Crippen LogP contribution in [-0.2, 0) is 12.7 Å². The van der Waals surface area contributed by atoms with E-state index in [1.807, 2.05) is 44.4 Å². The summed E-state index contributed by atoms with van der Waals surface area (Å²) in [5.74, 6) is -0.632. The van der Waals surface area contributed by atoms with Crippen molar-refractivity contribution in [1.29, 1.82) is 0 Å². The molecule has 0 fully saturated rings. The molecule has 0 saturated heterocycles. The zero-order valence-corrected chi connectivity index (χ0v) is 20.7. The lowest BCUT2D eigenvalue weighted by atomic mass is 10.0. The fraction of sp³-hybridized carbons (Fsp3) is 0.138. The topological polar surface area (TPSA) is 62.5 Å². The first-order chi connectivity index (χ1) is 18.2. The first-order valence-electron chi connectivity index (χ1n) is 11.9. The molecule has 6 nitrogen and oxygen atoms in total. The molecule has 2 heterocycles. The van der Waals surface area contributed by atoms with Gasteiger partial charge in [-0.05, 0) is 61.6 Å². The third-order valence-corrected chi connectivity index (χ3v) is 6.06. The van der Waals surface area contributed by atoms with E-state index in [1.165, 1.54) is 12.1 Å². The number of carbonyl (C=O) groups excluding carboxylic acids is 1. The molecule has 0 aliphatic carbocycles. The van der Waals surface area contributed by atoms with Gasteiger partial charge >= 0.3 is 6.18 Å². The quantitative estimate of drug-likeness (QED) is 0.284. The molecular formula is C29H24F3N5O. The highest BCUT2D eigenvalue weighted by molar-refractivity contribution is 6.04. The first-order valence-corrected chi connectivity index (χ1v) is 11.9. The maximum absolute atomic E-state index is 13.1. The van der Waals surface area contributed by atoms with Crippen LogP contribution in [0.2, 0.25) is 0 Å². The van der Waals surface area contributed by atoms with Gasteiger partial charge in [0.1, 0.15) is 0 Å². The van der Waals surface area contributed by atoms with Gasteiger partial charge in [-0.1, -0.05) is 42.5 Å². The van der Waals surface area contributed by atoms with Crippen LogP contribution in [0.25, 0.3) is 28.0 Å². The highest BCUT2D eigenvalue weighted by atomic mass is 19.4. The van der Waals surface area contributed by atoms with Crippen LogP contribution in [0, 0.1) is 0 Å². The predicted octanol–water partition coefficient (Wildman–Crippen LogP) is 6.40. The van der Waals surface area contributed by atoms with Crippen LogP contribution < -0.4 is 5.32 Å². The smallest absolute Gasteiger partial charge is 0.322 e. The molecule has 38 heavy (non-hydrogen) atoms. The Labute approximate surface area is 217 Å². The van der Waals surface area contributed by atoms with Crippen molar-refractivity contribution < 1.29 is 18.0 Å². The molecular weight excluding hydrogens is 491 g/mol. The van der Waals surface area contributed by atoms with Crippen LogP contribution in [0.15, 0.2) is 91.3 Å². The Kier molecular flexibility index (Phi) is 6.69. The molecule has 0 aliphatic rings. The van der Waals surface area contributed by atoms with E-state index in [-0.39, 0.29) is 5.56 Å². The zero-order valence-electron chi connectivity index (χ0n) is 20.7. The van der Waals surface area contributed by atoms with E-state index in [1.54, 1.807) is 35.1 Å².